The summed E-state index contributed by atoms with van der Waals surface area (Å²) >= 11 is 0. The number of carbonyl (C=O) groups excluding carboxylic acids is 2. The minimum absolute atomic E-state index is 0.0152. The molecule has 7 nitrogen and oxygen atoms in total. The Kier molecular flexibility index (Phi) is 7.01. The van der Waals surface area contributed by atoms with E-state index in [9.17, 15) is 18.4 Å². The van der Waals surface area contributed by atoms with Crippen molar-refractivity contribution in [2.45, 2.75) is 39.4 Å². The first-order chi connectivity index (χ1) is 17.0. The molecular formula is C27H27F2N3O4. The second kappa shape index (κ2) is 10.0. The lowest BCUT2D eigenvalue weighted by Gasteiger charge is -2.20. The molecule has 0 spiro atoms. The molecule has 1 atom stereocenters. The molecule has 1 aliphatic heterocycles. The fourth-order valence-electron chi connectivity index (χ4n) is 4.03. The Morgan fingerprint density at radius 3 is 2.42 bits per heavy atom. The lowest BCUT2D eigenvalue weighted by atomic mass is 10.1. The molecule has 0 radical (unpaired) electrons. The molecule has 2 aromatic carbocycles. The number of nitrogens with zero attached hydrogens (tertiary/aromatic N) is 3. The molecule has 1 unspecified atom stereocenters. The Morgan fingerprint density at radius 1 is 1.14 bits per heavy atom. The summed E-state index contributed by atoms with van der Waals surface area (Å²) in [5.41, 5.74) is 0.122. The summed E-state index contributed by atoms with van der Waals surface area (Å²) in [5.74, 6) is -0.717. The molecular weight excluding hydrogens is 468 g/mol. The SMILES string of the molecule is COC(=O)c1cc(Oc2ccc(-c3ccc(C(C)(C)F)nn3)cc2)c(CN2CC(C)CC2=O)cc1F. The van der Waals surface area contributed by atoms with Gasteiger partial charge in [0.05, 0.1) is 24.1 Å². The molecule has 188 valence electrons. The normalized spacial score (nSPS) is 15.8. The standard InChI is InChI=1S/C27H27F2N3O4/c1-16-11-25(33)32(14-16)15-18-12-21(28)20(26(34)35-4)13-23(18)36-19-7-5-17(6-8-19)22-9-10-24(31-30-22)27(2,3)29/h5-10,12-13,16H,11,14-15H2,1-4H3. The van der Waals surface area contributed by atoms with Gasteiger partial charge in [-0.2, -0.15) is 10.2 Å². The maximum Gasteiger partial charge on any atom is 0.340 e. The number of rotatable bonds is 7. The molecule has 0 bridgehead atoms. The number of carbonyl (C=O) groups is 2. The number of benzene rings is 2. The molecule has 1 fully saturated rings. The van der Waals surface area contributed by atoms with E-state index in [0.717, 1.165) is 5.56 Å². The molecule has 9 heteroatoms. The highest BCUT2D eigenvalue weighted by molar-refractivity contribution is 5.90. The number of halogens is 2. The average Bonchev–Trinajstić information content (AvgIpc) is 3.16. The van der Waals surface area contributed by atoms with Gasteiger partial charge in [0.25, 0.3) is 0 Å². The smallest absolute Gasteiger partial charge is 0.340 e. The maximum absolute atomic E-state index is 14.7. The van der Waals surface area contributed by atoms with Crippen molar-refractivity contribution in [1.29, 1.82) is 0 Å². The summed E-state index contributed by atoms with van der Waals surface area (Å²) in [6.07, 6.45) is 0.438. The van der Waals surface area contributed by atoms with Crippen LogP contribution in [0, 0.1) is 11.7 Å². The second-order valence-electron chi connectivity index (χ2n) is 9.42. The zero-order valence-corrected chi connectivity index (χ0v) is 20.5. The van der Waals surface area contributed by atoms with Crippen molar-refractivity contribution in [1.82, 2.24) is 15.1 Å². The van der Waals surface area contributed by atoms with Crippen LogP contribution in [0.1, 0.15) is 48.8 Å². The quantitative estimate of drug-likeness (QED) is 0.407. The number of ether oxygens (including phenoxy) is 2. The number of amides is 1. The van der Waals surface area contributed by atoms with Crippen molar-refractivity contribution in [2.24, 2.45) is 5.92 Å². The molecule has 0 N–H and O–H groups in total. The van der Waals surface area contributed by atoms with Crippen LogP contribution >= 0.6 is 0 Å². The van der Waals surface area contributed by atoms with E-state index < -0.39 is 17.5 Å². The van der Waals surface area contributed by atoms with E-state index in [1.165, 1.54) is 33.1 Å². The minimum Gasteiger partial charge on any atom is -0.465 e. The van der Waals surface area contributed by atoms with Crippen molar-refractivity contribution in [3.05, 3.63) is 71.2 Å². The Balaban J connectivity index is 1.60. The number of likely N-dealkylation sites (tertiary alicyclic amines) is 1. The van der Waals surface area contributed by atoms with E-state index in [2.05, 4.69) is 14.9 Å². The van der Waals surface area contributed by atoms with E-state index in [-0.39, 0.29) is 35.4 Å². The summed E-state index contributed by atoms with van der Waals surface area (Å²) in [4.78, 5) is 26.0. The minimum atomic E-state index is -1.59. The van der Waals surface area contributed by atoms with Gasteiger partial charge in [-0.15, -0.1) is 0 Å². The van der Waals surface area contributed by atoms with E-state index in [1.807, 2.05) is 6.92 Å². The average molecular weight is 496 g/mol. The van der Waals surface area contributed by atoms with Gasteiger partial charge >= 0.3 is 5.97 Å². The summed E-state index contributed by atoms with van der Waals surface area (Å²) in [7, 11) is 1.17. The lowest BCUT2D eigenvalue weighted by Crippen LogP contribution is -2.25. The Hall–Kier alpha value is -3.88. The second-order valence-corrected chi connectivity index (χ2v) is 9.42. The number of hydrogen-bond donors (Lipinski definition) is 0. The van der Waals surface area contributed by atoms with Gasteiger partial charge in [-0.05, 0) is 68.3 Å². The van der Waals surface area contributed by atoms with Crippen molar-refractivity contribution in [2.75, 3.05) is 13.7 Å². The highest BCUT2D eigenvalue weighted by atomic mass is 19.1. The Labute approximate surface area is 208 Å². The van der Waals surface area contributed by atoms with Gasteiger partial charge < -0.3 is 14.4 Å². The third-order valence-corrected chi connectivity index (χ3v) is 5.98. The van der Waals surface area contributed by atoms with Crippen LogP contribution in [0.2, 0.25) is 0 Å². The number of alkyl halides is 1. The fraction of sp³-hybridized carbons (Fsp3) is 0.333. The van der Waals surface area contributed by atoms with E-state index >= 15 is 0 Å². The highest BCUT2D eigenvalue weighted by Gasteiger charge is 2.28. The molecule has 1 aromatic heterocycles. The topological polar surface area (TPSA) is 81.6 Å². The summed E-state index contributed by atoms with van der Waals surface area (Å²) in [6.45, 7) is 5.53. The molecule has 4 rings (SSSR count). The van der Waals surface area contributed by atoms with Gasteiger partial charge in [0.15, 0.2) is 0 Å². The lowest BCUT2D eigenvalue weighted by molar-refractivity contribution is -0.128. The third kappa shape index (κ3) is 5.50. The van der Waals surface area contributed by atoms with Crippen LogP contribution in [0.3, 0.4) is 0 Å². The molecule has 1 amide bonds. The summed E-state index contributed by atoms with van der Waals surface area (Å²) < 4.78 is 39.5. The Morgan fingerprint density at radius 2 is 1.86 bits per heavy atom. The predicted octanol–water partition coefficient (Wildman–Crippen LogP) is 5.43. The van der Waals surface area contributed by atoms with Crippen LogP contribution in [0.5, 0.6) is 11.5 Å². The molecule has 3 aromatic rings. The number of methoxy groups -OCH3 is 1. The van der Waals surface area contributed by atoms with Crippen molar-refractivity contribution in [3.8, 4) is 22.8 Å². The van der Waals surface area contributed by atoms with Crippen molar-refractivity contribution >= 4 is 11.9 Å². The van der Waals surface area contributed by atoms with Gasteiger partial charge in [0, 0.05) is 30.6 Å². The number of hydrogen-bond acceptors (Lipinski definition) is 6. The third-order valence-electron chi connectivity index (χ3n) is 5.98. The first kappa shape index (κ1) is 25.2. The van der Waals surface area contributed by atoms with Gasteiger partial charge in [-0.1, -0.05) is 6.92 Å². The number of esters is 1. The molecule has 1 saturated heterocycles. The first-order valence-electron chi connectivity index (χ1n) is 11.5. The zero-order chi connectivity index (χ0) is 26.0. The monoisotopic (exact) mass is 495 g/mol. The van der Waals surface area contributed by atoms with E-state index in [0.29, 0.717) is 30.0 Å². The van der Waals surface area contributed by atoms with Crippen LogP contribution < -0.4 is 4.74 Å². The van der Waals surface area contributed by atoms with Gasteiger partial charge in [0.2, 0.25) is 5.91 Å². The van der Waals surface area contributed by atoms with Gasteiger partial charge in [-0.3, -0.25) is 4.79 Å². The molecule has 1 aliphatic rings. The molecule has 2 heterocycles. The van der Waals surface area contributed by atoms with Crippen LogP contribution in [0.15, 0.2) is 48.5 Å². The van der Waals surface area contributed by atoms with Crippen molar-refractivity contribution in [3.63, 3.8) is 0 Å². The van der Waals surface area contributed by atoms with E-state index in [4.69, 9.17) is 4.74 Å². The van der Waals surface area contributed by atoms with Crippen LogP contribution in [-0.2, 0) is 21.7 Å². The summed E-state index contributed by atoms with van der Waals surface area (Å²) in [6, 6.07) is 12.7. The van der Waals surface area contributed by atoms with Crippen LogP contribution in [0.4, 0.5) is 8.78 Å². The maximum atomic E-state index is 14.7. The molecule has 0 aliphatic carbocycles. The zero-order valence-electron chi connectivity index (χ0n) is 20.5. The fourth-order valence-corrected chi connectivity index (χ4v) is 4.03. The van der Waals surface area contributed by atoms with Crippen LogP contribution in [-0.4, -0.2) is 40.6 Å². The van der Waals surface area contributed by atoms with Crippen LogP contribution in [0.25, 0.3) is 11.3 Å². The van der Waals surface area contributed by atoms with E-state index in [1.54, 1.807) is 41.3 Å². The molecule has 36 heavy (non-hydrogen) atoms. The largest absolute Gasteiger partial charge is 0.465 e. The molecule has 0 saturated carbocycles. The Bertz CT molecular complexity index is 1270. The van der Waals surface area contributed by atoms with Crippen molar-refractivity contribution < 1.29 is 27.8 Å². The highest BCUT2D eigenvalue weighted by Crippen LogP contribution is 2.32. The first-order valence-corrected chi connectivity index (χ1v) is 11.5. The predicted molar refractivity (Wildman–Crippen MR) is 129 cm³/mol. The summed E-state index contributed by atoms with van der Waals surface area (Å²) in [5, 5.41) is 8.07. The number of aromatic nitrogens is 2. The van der Waals surface area contributed by atoms with Gasteiger partial charge in [0.1, 0.15) is 23.0 Å². The van der Waals surface area contributed by atoms with Gasteiger partial charge in [-0.25, -0.2) is 13.6 Å².